The summed E-state index contributed by atoms with van der Waals surface area (Å²) in [6, 6.07) is 6.32. The summed E-state index contributed by atoms with van der Waals surface area (Å²) in [5.74, 6) is 0. The molecule has 2 N–H and O–H groups in total. The molecule has 0 aliphatic rings. The molecule has 0 amide bonds. The summed E-state index contributed by atoms with van der Waals surface area (Å²) in [6.07, 6.45) is 2.16. The zero-order valence-electron chi connectivity index (χ0n) is 12.4. The van der Waals surface area contributed by atoms with Crippen LogP contribution in [0.5, 0.6) is 0 Å². The summed E-state index contributed by atoms with van der Waals surface area (Å²) < 4.78 is 5.21. The molecule has 5 heteroatoms. The number of benzene rings is 1. The Bertz CT molecular complexity index is 449. The summed E-state index contributed by atoms with van der Waals surface area (Å²) >= 11 is 11.3. The van der Waals surface area contributed by atoms with E-state index in [1.165, 1.54) is 0 Å². The highest BCUT2D eigenvalue weighted by Crippen LogP contribution is 2.26. The van der Waals surface area contributed by atoms with Gasteiger partial charge in [0.15, 0.2) is 0 Å². The smallest absolute Gasteiger partial charge is 0.105 e. The van der Waals surface area contributed by atoms with Crippen molar-refractivity contribution in [3.05, 3.63) is 28.8 Å². The van der Waals surface area contributed by atoms with Crippen LogP contribution in [-0.4, -0.2) is 31.3 Å². The number of thiocarbonyl (C=S) groups is 1. The number of nitrogens with zero attached hydrogens (tertiary/aromatic N) is 1. The van der Waals surface area contributed by atoms with E-state index in [9.17, 15) is 0 Å². The number of hydrogen-bond acceptors (Lipinski definition) is 3. The predicted octanol–water partition coefficient (Wildman–Crippen LogP) is 3.62. The standard InChI is InChI=1S/C15H23ClN2OS/c1-4-11(5-2)18(8-9-19-3)12-6-7-13(15(17)20)14(16)10-12/h6-7,10-11H,4-5,8-9H2,1-3H3,(H2,17,20). The lowest BCUT2D eigenvalue weighted by atomic mass is 10.1. The summed E-state index contributed by atoms with van der Waals surface area (Å²) in [7, 11) is 1.72. The van der Waals surface area contributed by atoms with E-state index in [4.69, 9.17) is 34.3 Å². The average molecular weight is 315 g/mol. The molecule has 112 valence electrons. The first-order valence-corrected chi connectivity index (χ1v) is 7.68. The lowest BCUT2D eigenvalue weighted by Crippen LogP contribution is -2.37. The molecule has 0 radical (unpaired) electrons. The van der Waals surface area contributed by atoms with Crippen molar-refractivity contribution >= 4 is 34.5 Å². The summed E-state index contributed by atoms with van der Waals surface area (Å²) in [4.78, 5) is 2.66. The van der Waals surface area contributed by atoms with Crippen LogP contribution in [0.3, 0.4) is 0 Å². The third kappa shape index (κ3) is 4.33. The minimum Gasteiger partial charge on any atom is -0.389 e. The minimum atomic E-state index is 0.326. The molecule has 0 aromatic heterocycles. The van der Waals surface area contributed by atoms with Gasteiger partial charge in [-0.05, 0) is 31.0 Å². The highest BCUT2D eigenvalue weighted by Gasteiger charge is 2.17. The Morgan fingerprint density at radius 3 is 2.50 bits per heavy atom. The third-order valence-electron chi connectivity index (χ3n) is 3.47. The van der Waals surface area contributed by atoms with Gasteiger partial charge in [0.1, 0.15) is 4.99 Å². The second-order valence-electron chi connectivity index (χ2n) is 4.68. The summed E-state index contributed by atoms with van der Waals surface area (Å²) in [5.41, 5.74) is 7.45. The van der Waals surface area contributed by atoms with Crippen LogP contribution in [0.15, 0.2) is 18.2 Å². The summed E-state index contributed by atoms with van der Waals surface area (Å²) in [5, 5.41) is 0.600. The number of nitrogens with two attached hydrogens (primary N) is 1. The first-order chi connectivity index (χ1) is 9.54. The molecule has 0 spiro atoms. The lowest BCUT2D eigenvalue weighted by Gasteiger charge is -2.33. The molecule has 0 saturated heterocycles. The van der Waals surface area contributed by atoms with Crippen molar-refractivity contribution in [2.75, 3.05) is 25.2 Å². The SMILES string of the molecule is CCC(CC)N(CCOC)c1ccc(C(N)=S)c(Cl)c1. The molecule has 0 aliphatic heterocycles. The van der Waals surface area contributed by atoms with Crippen LogP contribution in [0.1, 0.15) is 32.3 Å². The number of anilines is 1. The molecule has 3 nitrogen and oxygen atoms in total. The van der Waals surface area contributed by atoms with Gasteiger partial charge in [0.25, 0.3) is 0 Å². The number of ether oxygens (including phenoxy) is 1. The zero-order chi connectivity index (χ0) is 15.1. The Kier molecular flexibility index (Phi) is 7.27. The van der Waals surface area contributed by atoms with Crippen LogP contribution in [0.4, 0.5) is 5.69 Å². The van der Waals surface area contributed by atoms with Gasteiger partial charge < -0.3 is 15.4 Å². The molecule has 20 heavy (non-hydrogen) atoms. The van der Waals surface area contributed by atoms with Crippen LogP contribution in [0, 0.1) is 0 Å². The topological polar surface area (TPSA) is 38.5 Å². The first kappa shape index (κ1) is 17.2. The first-order valence-electron chi connectivity index (χ1n) is 6.90. The highest BCUT2D eigenvalue weighted by molar-refractivity contribution is 7.80. The normalized spacial score (nSPS) is 10.8. The second kappa shape index (κ2) is 8.45. The van der Waals surface area contributed by atoms with Crippen LogP contribution < -0.4 is 10.6 Å². The number of hydrogen-bond donors (Lipinski definition) is 1. The maximum Gasteiger partial charge on any atom is 0.105 e. The highest BCUT2D eigenvalue weighted by atomic mass is 35.5. The van der Waals surface area contributed by atoms with Gasteiger partial charge in [-0.3, -0.25) is 0 Å². The lowest BCUT2D eigenvalue weighted by molar-refractivity contribution is 0.202. The number of rotatable bonds is 8. The van der Waals surface area contributed by atoms with E-state index in [0.29, 0.717) is 22.7 Å². The van der Waals surface area contributed by atoms with Gasteiger partial charge in [-0.2, -0.15) is 0 Å². The van der Waals surface area contributed by atoms with Crippen molar-refractivity contribution in [1.82, 2.24) is 0 Å². The van der Waals surface area contributed by atoms with Crippen LogP contribution in [0.25, 0.3) is 0 Å². The maximum atomic E-state index is 6.27. The Morgan fingerprint density at radius 2 is 2.05 bits per heavy atom. The van der Waals surface area contributed by atoms with E-state index in [1.54, 1.807) is 7.11 Å². The van der Waals surface area contributed by atoms with Gasteiger partial charge in [0, 0.05) is 30.9 Å². The molecular weight excluding hydrogens is 292 g/mol. The molecule has 0 heterocycles. The van der Waals surface area contributed by atoms with Crippen molar-refractivity contribution < 1.29 is 4.74 Å². The molecule has 0 fully saturated rings. The van der Waals surface area contributed by atoms with Gasteiger partial charge >= 0.3 is 0 Å². The van der Waals surface area contributed by atoms with Crippen LogP contribution in [0.2, 0.25) is 5.02 Å². The predicted molar refractivity (Wildman–Crippen MR) is 90.9 cm³/mol. The fourth-order valence-electron chi connectivity index (χ4n) is 2.32. The van der Waals surface area contributed by atoms with Crippen molar-refractivity contribution in [2.45, 2.75) is 32.7 Å². The molecule has 1 rings (SSSR count). The second-order valence-corrected chi connectivity index (χ2v) is 5.53. The monoisotopic (exact) mass is 314 g/mol. The zero-order valence-corrected chi connectivity index (χ0v) is 13.9. The van der Waals surface area contributed by atoms with E-state index in [2.05, 4.69) is 18.7 Å². The van der Waals surface area contributed by atoms with Crippen molar-refractivity contribution in [2.24, 2.45) is 5.73 Å². The quantitative estimate of drug-likeness (QED) is 0.744. The fraction of sp³-hybridized carbons (Fsp3) is 0.533. The third-order valence-corrected chi connectivity index (χ3v) is 4.00. The van der Waals surface area contributed by atoms with E-state index in [1.807, 2.05) is 18.2 Å². The molecule has 1 aromatic rings. The van der Waals surface area contributed by atoms with Gasteiger partial charge in [0.05, 0.1) is 11.6 Å². The maximum absolute atomic E-state index is 6.27. The van der Waals surface area contributed by atoms with E-state index < -0.39 is 0 Å². The van der Waals surface area contributed by atoms with Gasteiger partial charge in [-0.15, -0.1) is 0 Å². The van der Waals surface area contributed by atoms with Crippen LogP contribution >= 0.6 is 23.8 Å². The van der Waals surface area contributed by atoms with Gasteiger partial charge in [0.2, 0.25) is 0 Å². The summed E-state index contributed by atoms with van der Waals surface area (Å²) in [6.45, 7) is 5.91. The molecule has 0 bridgehead atoms. The molecular formula is C15H23ClN2OS. The number of halogens is 1. The molecule has 1 aromatic carbocycles. The fourth-order valence-corrected chi connectivity index (χ4v) is 2.83. The Labute approximate surface area is 132 Å². The average Bonchev–Trinajstić information content (AvgIpc) is 2.43. The van der Waals surface area contributed by atoms with E-state index in [-0.39, 0.29) is 0 Å². The Hall–Kier alpha value is -0.840. The minimum absolute atomic E-state index is 0.326. The molecule has 0 unspecified atom stereocenters. The van der Waals surface area contributed by atoms with E-state index >= 15 is 0 Å². The molecule has 0 saturated carbocycles. The Morgan fingerprint density at radius 1 is 1.40 bits per heavy atom. The Balaban J connectivity index is 3.06. The van der Waals surface area contributed by atoms with Gasteiger partial charge in [-0.25, -0.2) is 0 Å². The van der Waals surface area contributed by atoms with Crippen LogP contribution in [-0.2, 0) is 4.74 Å². The van der Waals surface area contributed by atoms with E-state index in [0.717, 1.165) is 30.6 Å². The number of methoxy groups -OCH3 is 1. The van der Waals surface area contributed by atoms with Gasteiger partial charge in [-0.1, -0.05) is 37.7 Å². The molecule has 0 aliphatic carbocycles. The van der Waals surface area contributed by atoms with Crippen molar-refractivity contribution in [1.29, 1.82) is 0 Å². The largest absolute Gasteiger partial charge is 0.389 e. The van der Waals surface area contributed by atoms with Crippen molar-refractivity contribution in [3.8, 4) is 0 Å². The van der Waals surface area contributed by atoms with Crippen molar-refractivity contribution in [3.63, 3.8) is 0 Å². The molecule has 0 atom stereocenters.